The molecule has 0 radical (unpaired) electrons. The first kappa shape index (κ1) is 47.3. The van der Waals surface area contributed by atoms with Gasteiger partial charge in [0.05, 0.1) is 0 Å². The molecular formula is C52H67N11O7. The lowest BCUT2D eigenvalue weighted by atomic mass is 9.84. The van der Waals surface area contributed by atoms with E-state index in [0.29, 0.717) is 58.0 Å². The SMILES string of the molecule is CN1CCN(C(=O)NCC[C@@H]2NC(=O)[C@H](Cc3c[nH]c4ccccc34)NC(=O)C3(CCCC3)NC(=O)[C@H](Cc3c[nH]c4ccccc34)NC(=O)[C@H]3C[C@H]4CCCC[C@H]4N3C(=O)[C@H]3CCCN3C2=O)CC1. The highest BCUT2D eigenvalue weighted by molar-refractivity contribution is 6.01. The molecule has 10 rings (SSSR count). The van der Waals surface area contributed by atoms with Gasteiger partial charge in [-0.05, 0) is 87.6 Å². The first-order chi connectivity index (χ1) is 34.0. The van der Waals surface area contributed by atoms with Crippen LogP contribution in [0.2, 0.25) is 0 Å². The van der Waals surface area contributed by atoms with E-state index < -0.39 is 65.3 Å². The number of para-hydroxylation sites is 2. The Hall–Kier alpha value is -6.43. The summed E-state index contributed by atoms with van der Waals surface area (Å²) in [5.74, 6) is -2.81. The number of aromatic amines is 2. The number of benzene rings is 2. The van der Waals surface area contributed by atoms with Crippen molar-refractivity contribution >= 4 is 63.3 Å². The molecule has 7 N–H and O–H groups in total. The summed E-state index contributed by atoms with van der Waals surface area (Å²) in [4.78, 5) is 118. The van der Waals surface area contributed by atoms with Crippen molar-refractivity contribution in [1.82, 2.24) is 56.2 Å². The molecule has 372 valence electrons. The number of hydrogen-bond donors (Lipinski definition) is 7. The van der Waals surface area contributed by atoms with E-state index in [2.05, 4.69) is 41.5 Å². The number of fused-ring (bicyclic) bond motifs is 6. The summed E-state index contributed by atoms with van der Waals surface area (Å²) in [7, 11) is 2.01. The molecule has 2 saturated carbocycles. The van der Waals surface area contributed by atoms with Crippen LogP contribution in [0.25, 0.3) is 21.8 Å². The zero-order valence-corrected chi connectivity index (χ0v) is 40.1. The minimum atomic E-state index is -1.42. The highest BCUT2D eigenvalue weighted by Gasteiger charge is 2.52. The lowest BCUT2D eigenvalue weighted by Gasteiger charge is -2.38. The van der Waals surface area contributed by atoms with Gasteiger partial charge in [0, 0.05) is 92.4 Å². The third-order valence-corrected chi connectivity index (χ3v) is 16.3. The average Bonchev–Trinajstić information content (AvgIpc) is 4.24. The van der Waals surface area contributed by atoms with Crippen LogP contribution in [0.5, 0.6) is 0 Å². The quantitative estimate of drug-likeness (QED) is 0.146. The molecule has 8 amide bonds. The summed E-state index contributed by atoms with van der Waals surface area (Å²) in [5.41, 5.74) is 1.87. The minimum Gasteiger partial charge on any atom is -0.361 e. The third-order valence-electron chi connectivity index (χ3n) is 16.3. The summed E-state index contributed by atoms with van der Waals surface area (Å²) in [6.07, 6.45) is 10.5. The smallest absolute Gasteiger partial charge is 0.317 e. The molecule has 70 heavy (non-hydrogen) atoms. The number of urea groups is 1. The van der Waals surface area contributed by atoms with Crippen molar-refractivity contribution in [2.45, 2.75) is 132 Å². The van der Waals surface area contributed by atoms with E-state index >= 15 is 24.0 Å². The van der Waals surface area contributed by atoms with Crippen molar-refractivity contribution in [2.24, 2.45) is 5.92 Å². The molecule has 4 aromatic rings. The molecule has 2 aromatic heterocycles. The molecule has 0 unspecified atom stereocenters. The first-order valence-corrected chi connectivity index (χ1v) is 25.6. The number of H-pyrrole nitrogens is 2. The number of carbonyl (C=O) groups excluding carboxylic acids is 7. The minimum absolute atomic E-state index is 0.0203. The normalized spacial score (nSPS) is 28.2. The van der Waals surface area contributed by atoms with Crippen LogP contribution in [0.15, 0.2) is 60.9 Å². The van der Waals surface area contributed by atoms with Gasteiger partial charge in [0.2, 0.25) is 35.4 Å². The second-order valence-corrected chi connectivity index (χ2v) is 20.7. The lowest BCUT2D eigenvalue weighted by molar-refractivity contribution is -0.150. The summed E-state index contributed by atoms with van der Waals surface area (Å²) >= 11 is 0. The molecule has 6 fully saturated rings. The van der Waals surface area contributed by atoms with Crippen LogP contribution >= 0.6 is 0 Å². The Morgan fingerprint density at radius 1 is 0.657 bits per heavy atom. The van der Waals surface area contributed by atoms with Crippen LogP contribution in [0, 0.1) is 5.92 Å². The molecule has 6 heterocycles. The van der Waals surface area contributed by atoms with E-state index in [1.165, 1.54) is 0 Å². The van der Waals surface area contributed by atoms with E-state index in [1.807, 2.05) is 61.8 Å². The number of rotatable bonds is 7. The standard InChI is InChI=1S/C52H67N11O7/c1-60-23-25-61(26-24-60)51(70)53-21-18-39-48(67)62-22-10-17-43(62)49(68)63-42-16-7-2-11-32(42)29-44(63)47(66)57-41(28-34-31-55-38-15-6-4-13-36(34)38)46(65)59-52(19-8-9-20-52)50(69)58-40(45(64)56-39)27-33-30-54-37-14-5-3-12-35(33)37/h3-6,12-15,30-32,39-44,54-55H,2,7-11,16-29H2,1H3,(H,53,70)(H,56,64)(H,57,66)(H,58,69)(H,59,65)/t32-,39+,40+,41+,42-,43-,44-/m1/s1. The van der Waals surface area contributed by atoms with Crippen LogP contribution in [-0.2, 0) is 41.6 Å². The van der Waals surface area contributed by atoms with E-state index in [1.54, 1.807) is 20.9 Å². The number of nitrogens with one attached hydrogen (secondary N) is 7. The number of aromatic nitrogens is 2. The van der Waals surface area contributed by atoms with E-state index in [4.69, 9.17) is 0 Å². The summed E-state index contributed by atoms with van der Waals surface area (Å²) in [5, 5.41) is 17.0. The largest absolute Gasteiger partial charge is 0.361 e. The Labute approximate surface area is 407 Å². The Balaban J connectivity index is 1.02. The monoisotopic (exact) mass is 958 g/mol. The number of amides is 8. The maximum absolute atomic E-state index is 15.3. The fourth-order valence-electron chi connectivity index (χ4n) is 12.4. The Morgan fingerprint density at radius 2 is 1.29 bits per heavy atom. The van der Waals surface area contributed by atoms with Gasteiger partial charge in [0.25, 0.3) is 0 Å². The molecule has 2 aromatic carbocycles. The van der Waals surface area contributed by atoms with Crippen LogP contribution in [-0.4, -0.2) is 159 Å². The van der Waals surface area contributed by atoms with Gasteiger partial charge in [-0.2, -0.15) is 0 Å². The van der Waals surface area contributed by atoms with Gasteiger partial charge < -0.3 is 56.2 Å². The molecule has 6 aliphatic rings. The number of nitrogens with zero attached hydrogens (tertiary/aromatic N) is 4. The molecule has 18 nitrogen and oxygen atoms in total. The van der Waals surface area contributed by atoms with Crippen molar-refractivity contribution in [3.05, 3.63) is 72.1 Å². The zero-order valence-electron chi connectivity index (χ0n) is 40.1. The second kappa shape index (κ2) is 20.1. The molecule has 18 heteroatoms. The predicted molar refractivity (Wildman–Crippen MR) is 262 cm³/mol. The summed E-state index contributed by atoms with van der Waals surface area (Å²) < 4.78 is 0. The third kappa shape index (κ3) is 9.45. The zero-order chi connectivity index (χ0) is 48.5. The lowest BCUT2D eigenvalue weighted by Crippen LogP contribution is -2.65. The maximum Gasteiger partial charge on any atom is 0.317 e. The van der Waals surface area contributed by atoms with Gasteiger partial charge in [-0.15, -0.1) is 0 Å². The van der Waals surface area contributed by atoms with Crippen LogP contribution in [0.3, 0.4) is 0 Å². The van der Waals surface area contributed by atoms with Gasteiger partial charge in [-0.3, -0.25) is 28.8 Å². The fourth-order valence-corrected chi connectivity index (χ4v) is 12.4. The summed E-state index contributed by atoms with van der Waals surface area (Å²) in [6, 6.07) is 9.63. The predicted octanol–water partition coefficient (Wildman–Crippen LogP) is 2.83. The maximum atomic E-state index is 15.3. The number of carbonyl (C=O) groups is 7. The Morgan fingerprint density at radius 3 is 1.97 bits per heavy atom. The topological polar surface area (TPSA) is 224 Å². The van der Waals surface area contributed by atoms with Crippen LogP contribution in [0.1, 0.15) is 88.2 Å². The molecular weight excluding hydrogens is 891 g/mol. The first-order valence-electron chi connectivity index (χ1n) is 25.6. The van der Waals surface area contributed by atoms with Gasteiger partial charge >= 0.3 is 6.03 Å². The molecule has 0 bridgehead atoms. The molecule has 2 aliphatic carbocycles. The fraction of sp³-hybridized carbons (Fsp3) is 0.558. The molecule has 7 atom stereocenters. The number of piperazine rings is 1. The van der Waals surface area contributed by atoms with Crippen molar-refractivity contribution < 1.29 is 33.6 Å². The number of hydrogen-bond acceptors (Lipinski definition) is 8. The van der Waals surface area contributed by atoms with Crippen LogP contribution in [0.4, 0.5) is 4.79 Å². The van der Waals surface area contributed by atoms with Crippen LogP contribution < -0.4 is 26.6 Å². The molecule has 1 spiro atoms. The van der Waals surface area contributed by atoms with Crippen molar-refractivity contribution in [1.29, 1.82) is 0 Å². The van der Waals surface area contributed by atoms with Crippen molar-refractivity contribution in [3.63, 3.8) is 0 Å². The Kier molecular flexibility index (Phi) is 13.6. The molecule has 4 saturated heterocycles. The van der Waals surface area contributed by atoms with E-state index in [-0.39, 0.29) is 56.3 Å². The van der Waals surface area contributed by atoms with Gasteiger partial charge in [-0.25, -0.2) is 4.79 Å². The number of likely N-dealkylation sites (N-methyl/N-ethyl adjacent to an activating group) is 1. The summed E-state index contributed by atoms with van der Waals surface area (Å²) in [6.45, 7) is 2.89. The highest BCUT2D eigenvalue weighted by Crippen LogP contribution is 2.41. The van der Waals surface area contributed by atoms with Crippen molar-refractivity contribution in [3.8, 4) is 0 Å². The van der Waals surface area contributed by atoms with Gasteiger partial charge in [-0.1, -0.05) is 62.1 Å². The van der Waals surface area contributed by atoms with Gasteiger partial charge in [0.1, 0.15) is 35.7 Å². The van der Waals surface area contributed by atoms with Gasteiger partial charge in [0.15, 0.2) is 0 Å². The highest BCUT2D eigenvalue weighted by atomic mass is 16.2. The van der Waals surface area contributed by atoms with Crippen molar-refractivity contribution in [2.75, 3.05) is 46.3 Å². The van der Waals surface area contributed by atoms with E-state index in [0.717, 1.165) is 71.7 Å². The molecule has 4 aliphatic heterocycles. The Bertz CT molecular complexity index is 2630. The second-order valence-electron chi connectivity index (χ2n) is 20.7. The average molecular weight is 958 g/mol. The van der Waals surface area contributed by atoms with E-state index in [9.17, 15) is 9.59 Å².